The van der Waals surface area contributed by atoms with Crippen LogP contribution >= 0.6 is 0 Å². The molecule has 0 spiro atoms. The van der Waals surface area contributed by atoms with Crippen molar-refractivity contribution in [3.05, 3.63) is 0 Å². The van der Waals surface area contributed by atoms with Crippen LogP contribution in [-0.2, 0) is 0 Å². The highest BCUT2D eigenvalue weighted by molar-refractivity contribution is 4.75. The number of hydrogen-bond donors (Lipinski definition) is 0. The molecule has 382 valence electrons. The molecule has 0 aliphatic heterocycles. The van der Waals surface area contributed by atoms with E-state index in [0.717, 1.165) is 47.3 Å². The smallest absolute Gasteiger partial charge is 0.0386 e. The lowest BCUT2D eigenvalue weighted by Gasteiger charge is -2.31. The second-order valence-corrected chi connectivity index (χ2v) is 21.3. The minimum atomic E-state index is 0. The molecule has 0 amide bonds. The molecule has 0 N–H and O–H groups in total. The minimum absolute atomic E-state index is 0. The second-order valence-electron chi connectivity index (χ2n) is 21.3. The average Bonchev–Trinajstić information content (AvgIpc) is 3.17. The van der Waals surface area contributed by atoms with Gasteiger partial charge in [0.25, 0.3) is 0 Å². The summed E-state index contributed by atoms with van der Waals surface area (Å²) in [6.07, 6.45) is 60.0. The van der Waals surface area contributed by atoms with Crippen molar-refractivity contribution in [1.29, 1.82) is 0 Å². The largest absolute Gasteiger partial charge is 0.0776 e. The van der Waals surface area contributed by atoms with Crippen molar-refractivity contribution in [2.75, 3.05) is 0 Å². The van der Waals surface area contributed by atoms with Gasteiger partial charge in [-0.3, -0.25) is 0 Å². The highest BCUT2D eigenvalue weighted by Crippen LogP contribution is 2.37. The Morgan fingerprint density at radius 2 is 0.274 bits per heavy atom. The molecule has 0 atom stereocenters. The van der Waals surface area contributed by atoms with Crippen LogP contribution in [0.15, 0.2) is 0 Å². The maximum atomic E-state index is 2.45. The van der Waals surface area contributed by atoms with Crippen LogP contribution in [0.25, 0.3) is 0 Å². The van der Waals surface area contributed by atoms with Gasteiger partial charge in [-0.05, 0) is 47.3 Å². The molecule has 6 aliphatic carbocycles. The van der Waals surface area contributed by atoms with E-state index in [9.17, 15) is 0 Å². The molecule has 0 radical (unpaired) electrons. The number of rotatable bonds is 1. The van der Waals surface area contributed by atoms with Gasteiger partial charge in [0.2, 0.25) is 0 Å². The van der Waals surface area contributed by atoms with E-state index < -0.39 is 0 Å². The first-order valence-corrected chi connectivity index (χ1v) is 28.3. The van der Waals surface area contributed by atoms with Gasteiger partial charge in [0.1, 0.15) is 0 Å². The topological polar surface area (TPSA) is 0 Å². The van der Waals surface area contributed by atoms with Gasteiger partial charge in [-0.25, -0.2) is 0 Å². The molecule has 62 heavy (non-hydrogen) atoms. The van der Waals surface area contributed by atoms with E-state index in [4.69, 9.17) is 0 Å². The first-order valence-electron chi connectivity index (χ1n) is 28.3. The van der Waals surface area contributed by atoms with Crippen LogP contribution in [0.1, 0.15) is 356 Å². The Bertz CT molecular complexity index is 658. The Morgan fingerprint density at radius 3 is 0.468 bits per heavy atom. The van der Waals surface area contributed by atoms with E-state index in [1.807, 2.05) is 27.7 Å². The Hall–Kier alpha value is 0. The maximum Gasteiger partial charge on any atom is -0.0386 e. The molecule has 6 saturated carbocycles. The lowest BCUT2D eigenvalue weighted by Crippen LogP contribution is -2.18. The van der Waals surface area contributed by atoms with Crippen LogP contribution in [0.5, 0.6) is 0 Å². The fourth-order valence-corrected chi connectivity index (χ4v) is 11.1. The molecule has 0 aromatic carbocycles. The Morgan fingerprint density at radius 1 is 0.161 bits per heavy atom. The molecule has 0 heteroatoms. The summed E-state index contributed by atoms with van der Waals surface area (Å²) in [5.41, 5.74) is 0. The van der Waals surface area contributed by atoms with Crippen LogP contribution < -0.4 is 0 Å². The monoisotopic (exact) mass is 879 g/mol. The molecule has 0 aromatic rings. The lowest BCUT2D eigenvalue weighted by molar-refractivity contribution is 0.210. The zero-order valence-corrected chi connectivity index (χ0v) is 42.9. The van der Waals surface area contributed by atoms with Crippen molar-refractivity contribution >= 4 is 0 Å². The van der Waals surface area contributed by atoms with Crippen LogP contribution in [0, 0.1) is 47.3 Å². The van der Waals surface area contributed by atoms with E-state index >= 15 is 0 Å². The zero-order chi connectivity index (χ0) is 42.9. The fourth-order valence-electron chi connectivity index (χ4n) is 11.1. The third kappa shape index (κ3) is 45.2. The zero-order valence-electron chi connectivity index (χ0n) is 42.9. The predicted molar refractivity (Wildman–Crippen MR) is 296 cm³/mol. The molecule has 6 fully saturated rings. The summed E-state index contributed by atoms with van der Waals surface area (Å²) >= 11 is 0. The van der Waals surface area contributed by atoms with E-state index in [0.29, 0.717) is 0 Å². The lowest BCUT2D eigenvalue weighted by atomic mass is 9.75. The Kier molecular flexibility index (Phi) is 61.4. The molecule has 6 rings (SSSR count). The summed E-state index contributed by atoms with van der Waals surface area (Å²) in [7, 11) is 0. The van der Waals surface area contributed by atoms with Crippen LogP contribution in [0.2, 0.25) is 0 Å². The molecule has 6 aliphatic rings. The molecule has 0 unspecified atom stereocenters. The first kappa shape index (κ1) is 71.0. The molecule has 0 nitrogen and oxygen atoms in total. The maximum absolute atomic E-state index is 2.45. The van der Waals surface area contributed by atoms with E-state index in [1.165, 1.54) is 231 Å². The van der Waals surface area contributed by atoms with E-state index in [2.05, 4.69) is 41.5 Å². The van der Waals surface area contributed by atoms with Crippen molar-refractivity contribution in [2.24, 2.45) is 47.3 Å². The van der Waals surface area contributed by atoms with Crippen molar-refractivity contribution in [3.8, 4) is 0 Å². The molecule has 0 heterocycles. The summed E-state index contributed by atoms with van der Waals surface area (Å²) in [6.45, 7) is 22.4. The summed E-state index contributed by atoms with van der Waals surface area (Å²) in [4.78, 5) is 0. The van der Waals surface area contributed by atoms with Crippen LogP contribution in [-0.4, -0.2) is 0 Å². The Labute approximate surface area is 401 Å². The van der Waals surface area contributed by atoms with E-state index in [-0.39, 0.29) is 29.7 Å². The third-order valence-electron chi connectivity index (χ3n) is 15.3. The van der Waals surface area contributed by atoms with Crippen LogP contribution in [0.4, 0.5) is 0 Å². The van der Waals surface area contributed by atoms with Crippen molar-refractivity contribution < 1.29 is 0 Å². The normalized spacial score (nSPS) is 26.4. The van der Waals surface area contributed by atoms with Crippen LogP contribution in [0.3, 0.4) is 0 Å². The van der Waals surface area contributed by atoms with Crippen molar-refractivity contribution in [3.63, 3.8) is 0 Å². The van der Waals surface area contributed by atoms with Gasteiger partial charge in [-0.1, -0.05) is 356 Å². The average molecular weight is 880 g/mol. The highest BCUT2D eigenvalue weighted by Gasteiger charge is 2.23. The van der Waals surface area contributed by atoms with Gasteiger partial charge in [-0.2, -0.15) is 0 Å². The molecular formula is C62H134. The quantitative estimate of drug-likeness (QED) is 0.246. The van der Waals surface area contributed by atoms with E-state index in [1.54, 1.807) is 25.7 Å². The summed E-state index contributed by atoms with van der Waals surface area (Å²) < 4.78 is 0. The SMILES string of the molecule is C.C.C.C.CC.CC.CC1CCCC(C)CCC1.CC1CCCC(C2CCCCCCC2)CCC1.CC1CCCCCCC1.CC1CCCCCCC1.CC1CCCCCCC1. The van der Waals surface area contributed by atoms with Gasteiger partial charge in [0, 0.05) is 0 Å². The number of hydrogen-bond acceptors (Lipinski definition) is 0. The fraction of sp³-hybridized carbons (Fsp3) is 1.00. The molecule has 0 bridgehead atoms. The van der Waals surface area contributed by atoms with Gasteiger partial charge in [0.05, 0.1) is 0 Å². The van der Waals surface area contributed by atoms with Gasteiger partial charge >= 0.3 is 0 Å². The van der Waals surface area contributed by atoms with Crippen molar-refractivity contribution in [2.45, 2.75) is 356 Å². The van der Waals surface area contributed by atoms with Gasteiger partial charge in [-0.15, -0.1) is 0 Å². The second kappa shape index (κ2) is 53.6. The van der Waals surface area contributed by atoms with Gasteiger partial charge in [0.15, 0.2) is 0 Å². The standard InChI is InChI=1S/C17H32.C10H20.3C9H18.2C2H6.4CH4/c1-15-9-7-13-17(14-8-10-15)16-11-5-3-2-4-6-12-16;1-9-5-3-7-10(2)8-4-6-9;3*1-9-7-5-3-2-4-6-8-9;2*1-2;;;;/h15-17H,2-14H2,1H3;9-10H,3-8H2,1-2H3;3*9H,2-8H2,1H3;2*1-2H3;4*1H4. The third-order valence-corrected chi connectivity index (χ3v) is 15.3. The molecule has 0 aromatic heterocycles. The minimum Gasteiger partial charge on any atom is -0.0776 e. The van der Waals surface area contributed by atoms with Gasteiger partial charge < -0.3 is 0 Å². The molecule has 0 saturated heterocycles. The Balaban J connectivity index is -0.000000216. The first-order chi connectivity index (χ1) is 28.3. The summed E-state index contributed by atoms with van der Waals surface area (Å²) in [5.74, 6) is 8.28. The summed E-state index contributed by atoms with van der Waals surface area (Å²) in [6, 6.07) is 0. The summed E-state index contributed by atoms with van der Waals surface area (Å²) in [5, 5.41) is 0. The molecular weight excluding hydrogens is 745 g/mol. The predicted octanol–water partition coefficient (Wildman–Crippen LogP) is 24.3. The highest BCUT2D eigenvalue weighted by atomic mass is 14.3. The van der Waals surface area contributed by atoms with Crippen molar-refractivity contribution in [1.82, 2.24) is 0 Å².